The second kappa shape index (κ2) is 3.83. The molecule has 0 nitrogen and oxygen atoms in total. The van der Waals surface area contributed by atoms with Gasteiger partial charge < -0.3 is 0 Å². The van der Waals surface area contributed by atoms with Crippen molar-refractivity contribution in [3.63, 3.8) is 0 Å². The van der Waals surface area contributed by atoms with Gasteiger partial charge in [0.2, 0.25) is 4.33 Å². The first kappa shape index (κ1) is 15.0. The Balaban J connectivity index is 3.02. The van der Waals surface area contributed by atoms with Crippen LogP contribution in [0.4, 0.5) is 30.7 Å². The molecular formula is C9Cl3F7. The molecule has 0 aliphatic heterocycles. The number of benzene rings is 1. The first-order chi connectivity index (χ1) is 8.39. The highest BCUT2D eigenvalue weighted by Crippen LogP contribution is 2.66. The molecule has 0 amide bonds. The van der Waals surface area contributed by atoms with Gasteiger partial charge in [0.25, 0.3) is 0 Å². The van der Waals surface area contributed by atoms with Gasteiger partial charge in [0, 0.05) is 5.56 Å². The topological polar surface area (TPSA) is 0 Å². The van der Waals surface area contributed by atoms with Crippen LogP contribution in [-0.2, 0) is 10.3 Å². The molecule has 1 aromatic carbocycles. The lowest BCUT2D eigenvalue weighted by molar-refractivity contribution is -0.212. The molecule has 0 heterocycles. The summed E-state index contributed by atoms with van der Waals surface area (Å²) in [6.45, 7) is 0. The lowest BCUT2D eigenvalue weighted by Gasteiger charge is -2.26. The van der Waals surface area contributed by atoms with Crippen molar-refractivity contribution in [3.8, 4) is 0 Å². The average molecular weight is 347 g/mol. The molecule has 0 saturated heterocycles. The number of fused-ring (bicyclic) bond motifs is 1. The Labute approximate surface area is 116 Å². The highest BCUT2D eigenvalue weighted by molar-refractivity contribution is 6.49. The summed E-state index contributed by atoms with van der Waals surface area (Å²) in [5.74, 6) is -17.2. The Morgan fingerprint density at radius 1 is 0.737 bits per heavy atom. The molecule has 0 unspecified atom stereocenters. The molecule has 0 N–H and O–H groups in total. The zero-order chi connectivity index (χ0) is 15.0. The summed E-state index contributed by atoms with van der Waals surface area (Å²) < 4.78 is 89.9. The van der Waals surface area contributed by atoms with Gasteiger partial charge in [-0.2, -0.15) is 17.6 Å². The van der Waals surface area contributed by atoms with E-state index in [4.69, 9.17) is 34.8 Å². The van der Waals surface area contributed by atoms with Crippen molar-refractivity contribution in [3.05, 3.63) is 33.6 Å². The quantitative estimate of drug-likeness (QED) is 0.264. The third kappa shape index (κ3) is 1.49. The molecule has 1 aromatic rings. The summed E-state index contributed by atoms with van der Waals surface area (Å²) in [5.41, 5.74) is -4.00. The lowest BCUT2D eigenvalue weighted by atomic mass is 10.1. The van der Waals surface area contributed by atoms with E-state index in [0.717, 1.165) is 0 Å². The second-order valence-corrected chi connectivity index (χ2v) is 5.43. The standard InChI is InChI=1S/C9Cl3F7/c10-3-4(13)1-2(5(14)6(3)15)8(16,17)9(18,19)7(1,11)12. The minimum absolute atomic E-state index is 1.59. The molecule has 0 saturated carbocycles. The van der Waals surface area contributed by atoms with E-state index in [1.54, 1.807) is 0 Å². The van der Waals surface area contributed by atoms with Gasteiger partial charge in [-0.25, -0.2) is 13.2 Å². The molecule has 106 valence electrons. The van der Waals surface area contributed by atoms with Crippen LogP contribution in [0.3, 0.4) is 0 Å². The number of alkyl halides is 6. The van der Waals surface area contributed by atoms with Crippen LogP contribution in [0.5, 0.6) is 0 Å². The molecule has 0 spiro atoms. The first-order valence-corrected chi connectivity index (χ1v) is 5.52. The SMILES string of the molecule is Fc1c(F)c2c(c(F)c1Cl)C(Cl)(Cl)C(F)(F)C2(F)F. The number of rotatable bonds is 0. The van der Waals surface area contributed by atoms with Crippen molar-refractivity contribution in [2.45, 2.75) is 16.2 Å². The monoisotopic (exact) mass is 346 g/mol. The van der Waals surface area contributed by atoms with Crippen LogP contribution in [0.1, 0.15) is 11.1 Å². The molecule has 0 fully saturated rings. The van der Waals surface area contributed by atoms with Gasteiger partial charge in [-0.15, -0.1) is 0 Å². The van der Waals surface area contributed by atoms with E-state index in [-0.39, 0.29) is 0 Å². The highest BCUT2D eigenvalue weighted by atomic mass is 35.5. The largest absolute Gasteiger partial charge is 0.351 e. The van der Waals surface area contributed by atoms with Crippen molar-refractivity contribution in [1.29, 1.82) is 0 Å². The van der Waals surface area contributed by atoms with Crippen LogP contribution in [0.2, 0.25) is 5.02 Å². The minimum atomic E-state index is -5.29. The highest BCUT2D eigenvalue weighted by Gasteiger charge is 2.78. The molecule has 10 heteroatoms. The first-order valence-electron chi connectivity index (χ1n) is 4.39. The minimum Gasteiger partial charge on any atom is -0.205 e. The van der Waals surface area contributed by atoms with E-state index in [1.165, 1.54) is 0 Å². The fraction of sp³-hybridized carbons (Fsp3) is 0.333. The van der Waals surface area contributed by atoms with E-state index < -0.39 is 49.8 Å². The summed E-state index contributed by atoms with van der Waals surface area (Å²) in [6, 6.07) is 0. The van der Waals surface area contributed by atoms with E-state index >= 15 is 0 Å². The van der Waals surface area contributed by atoms with Crippen LogP contribution >= 0.6 is 34.8 Å². The molecule has 0 radical (unpaired) electrons. The Morgan fingerprint density at radius 2 is 1.21 bits per heavy atom. The van der Waals surface area contributed by atoms with Crippen LogP contribution in [-0.4, -0.2) is 5.92 Å². The fourth-order valence-corrected chi connectivity index (χ4v) is 2.50. The predicted molar refractivity (Wildman–Crippen MR) is 53.6 cm³/mol. The van der Waals surface area contributed by atoms with Gasteiger partial charge in [0.1, 0.15) is 5.02 Å². The zero-order valence-electron chi connectivity index (χ0n) is 8.28. The Bertz CT molecular complexity index is 533. The van der Waals surface area contributed by atoms with Crippen molar-refractivity contribution in [2.75, 3.05) is 0 Å². The van der Waals surface area contributed by atoms with Gasteiger partial charge in [-0.1, -0.05) is 34.8 Å². The molecular weight excluding hydrogens is 347 g/mol. The smallest absolute Gasteiger partial charge is 0.205 e. The van der Waals surface area contributed by atoms with E-state index in [0.29, 0.717) is 0 Å². The van der Waals surface area contributed by atoms with Gasteiger partial charge in [0.15, 0.2) is 17.5 Å². The van der Waals surface area contributed by atoms with Crippen molar-refractivity contribution < 1.29 is 30.7 Å². The molecule has 2 rings (SSSR count). The second-order valence-electron chi connectivity index (χ2n) is 3.73. The zero-order valence-corrected chi connectivity index (χ0v) is 10.5. The van der Waals surface area contributed by atoms with Crippen molar-refractivity contribution >= 4 is 34.8 Å². The molecule has 19 heavy (non-hydrogen) atoms. The van der Waals surface area contributed by atoms with E-state index in [2.05, 4.69) is 0 Å². The fourth-order valence-electron chi connectivity index (χ4n) is 1.73. The molecule has 0 aromatic heterocycles. The average Bonchev–Trinajstić information content (AvgIpc) is 2.39. The number of halogens is 10. The number of hydrogen-bond acceptors (Lipinski definition) is 0. The molecule has 0 atom stereocenters. The van der Waals surface area contributed by atoms with Gasteiger partial charge in [-0.05, 0) is 0 Å². The lowest BCUT2D eigenvalue weighted by Crippen LogP contribution is -2.42. The summed E-state index contributed by atoms with van der Waals surface area (Å²) in [4.78, 5) is 0. The van der Waals surface area contributed by atoms with Gasteiger partial charge in [0.05, 0.1) is 5.56 Å². The van der Waals surface area contributed by atoms with Gasteiger partial charge >= 0.3 is 11.8 Å². The Morgan fingerprint density at radius 3 is 1.68 bits per heavy atom. The van der Waals surface area contributed by atoms with Crippen LogP contribution in [0.15, 0.2) is 0 Å². The summed E-state index contributed by atoms with van der Waals surface area (Å²) >= 11 is 15.0. The summed E-state index contributed by atoms with van der Waals surface area (Å²) in [5, 5.41) is -1.59. The van der Waals surface area contributed by atoms with Crippen molar-refractivity contribution in [2.24, 2.45) is 0 Å². The number of hydrogen-bond donors (Lipinski definition) is 0. The van der Waals surface area contributed by atoms with E-state index in [9.17, 15) is 30.7 Å². The summed E-state index contributed by atoms with van der Waals surface area (Å²) in [6.07, 6.45) is 0. The van der Waals surface area contributed by atoms with E-state index in [1.807, 2.05) is 0 Å². The maximum atomic E-state index is 13.6. The third-order valence-corrected chi connectivity index (χ3v) is 3.87. The normalized spacial score (nSPS) is 22.4. The molecule has 1 aliphatic carbocycles. The Kier molecular flexibility index (Phi) is 3.02. The van der Waals surface area contributed by atoms with Crippen molar-refractivity contribution in [1.82, 2.24) is 0 Å². The third-order valence-electron chi connectivity index (χ3n) is 2.68. The maximum absolute atomic E-state index is 13.6. The Hall–Kier alpha value is -0.400. The van der Waals surface area contributed by atoms with Crippen LogP contribution < -0.4 is 0 Å². The van der Waals surface area contributed by atoms with Crippen LogP contribution in [0, 0.1) is 17.5 Å². The maximum Gasteiger partial charge on any atom is 0.351 e. The summed E-state index contributed by atoms with van der Waals surface area (Å²) in [7, 11) is 0. The predicted octanol–water partition coefficient (Wildman–Crippen LogP) is 5.13. The van der Waals surface area contributed by atoms with Gasteiger partial charge in [-0.3, -0.25) is 0 Å². The molecule has 0 bridgehead atoms. The van der Waals surface area contributed by atoms with Crippen LogP contribution in [0.25, 0.3) is 0 Å². The molecule has 1 aliphatic rings.